The van der Waals surface area contributed by atoms with Gasteiger partial charge in [-0.1, -0.05) is 36.4 Å². The molecule has 0 aliphatic heterocycles. The van der Waals surface area contributed by atoms with Gasteiger partial charge in [0, 0.05) is 31.7 Å². The van der Waals surface area contributed by atoms with Crippen LogP contribution < -0.4 is 11.2 Å². The molecule has 11 heteroatoms. The molecular formula is C37H46FN7O3. The normalized spacial score (nSPS) is 18.9. The summed E-state index contributed by atoms with van der Waals surface area (Å²) in [6.07, 6.45) is 6.30. The Bertz CT molecular complexity index is 1890. The first-order chi connectivity index (χ1) is 23.0. The summed E-state index contributed by atoms with van der Waals surface area (Å²) in [5, 5.41) is 0.0592. The number of hydrogen-bond acceptors (Lipinski definition) is 7. The number of rotatable bonds is 12. The van der Waals surface area contributed by atoms with Gasteiger partial charge in [0.2, 0.25) is 6.41 Å². The van der Waals surface area contributed by atoms with Crippen molar-refractivity contribution in [3.05, 3.63) is 93.0 Å². The van der Waals surface area contributed by atoms with Crippen LogP contribution in [0.1, 0.15) is 50.1 Å². The van der Waals surface area contributed by atoms with E-state index >= 15 is 0 Å². The number of nitrogens with zero attached hydrogens (tertiary/aromatic N) is 7. The second-order valence-electron chi connectivity index (χ2n) is 14.0. The van der Waals surface area contributed by atoms with Crippen molar-refractivity contribution < 1.29 is 9.18 Å². The number of likely N-dealkylation sites (N-methyl/N-ethyl adjacent to an activating group) is 2. The monoisotopic (exact) mass is 655 g/mol. The van der Waals surface area contributed by atoms with Gasteiger partial charge >= 0.3 is 5.69 Å². The molecule has 2 fully saturated rings. The van der Waals surface area contributed by atoms with Crippen LogP contribution in [0.3, 0.4) is 0 Å². The van der Waals surface area contributed by atoms with Crippen molar-refractivity contribution in [1.82, 2.24) is 33.7 Å². The van der Waals surface area contributed by atoms with E-state index < -0.39 is 17.1 Å². The number of hydrogen-bond donors (Lipinski definition) is 0. The van der Waals surface area contributed by atoms with Crippen LogP contribution >= 0.6 is 0 Å². The molecule has 0 radical (unpaired) electrons. The van der Waals surface area contributed by atoms with E-state index in [9.17, 15) is 18.8 Å². The van der Waals surface area contributed by atoms with Gasteiger partial charge in [0.1, 0.15) is 5.82 Å². The van der Waals surface area contributed by atoms with Crippen LogP contribution in [-0.2, 0) is 11.3 Å². The van der Waals surface area contributed by atoms with Gasteiger partial charge in [0.15, 0.2) is 5.65 Å². The summed E-state index contributed by atoms with van der Waals surface area (Å²) in [7, 11) is 10.2. The molecule has 1 amide bonds. The fourth-order valence-electron chi connectivity index (χ4n) is 7.29. The van der Waals surface area contributed by atoms with Crippen LogP contribution in [0.25, 0.3) is 27.8 Å². The lowest BCUT2D eigenvalue weighted by atomic mass is 9.89. The number of carbonyl (C=O) groups excluding carboxylic acids is 1. The summed E-state index contributed by atoms with van der Waals surface area (Å²) in [5.41, 5.74) is 2.49. The lowest BCUT2D eigenvalue weighted by molar-refractivity contribution is -0.129. The van der Waals surface area contributed by atoms with Crippen LogP contribution in [-0.4, -0.2) is 100 Å². The third-order valence-corrected chi connectivity index (χ3v) is 10.2. The van der Waals surface area contributed by atoms with Gasteiger partial charge in [-0.15, -0.1) is 0 Å². The Morgan fingerprint density at radius 3 is 2.25 bits per heavy atom. The maximum absolute atomic E-state index is 14.5. The average Bonchev–Trinajstić information content (AvgIpc) is 3.88. The van der Waals surface area contributed by atoms with E-state index in [1.54, 1.807) is 0 Å². The minimum atomic E-state index is -0.638. The van der Waals surface area contributed by atoms with Crippen molar-refractivity contribution in [2.24, 2.45) is 0 Å². The Morgan fingerprint density at radius 1 is 0.917 bits per heavy atom. The lowest BCUT2D eigenvalue weighted by Gasteiger charge is -2.42. The zero-order valence-corrected chi connectivity index (χ0v) is 28.6. The molecule has 2 aliphatic rings. The van der Waals surface area contributed by atoms with E-state index in [0.29, 0.717) is 31.4 Å². The number of carbonyl (C=O) groups is 1. The van der Waals surface area contributed by atoms with Crippen LogP contribution in [0.15, 0.2) is 70.4 Å². The molecule has 0 unspecified atom stereocenters. The fourth-order valence-corrected chi connectivity index (χ4v) is 7.29. The standard InChI is InChI=1S/C37H46FN7O3/c1-40(2)19-20-42(5)24-26-9-11-27(12-10-26)28-7-6-8-32(21-28)44-34-33(22-29(38)23-39-34)35(47)45(36(44)48)31-15-13-30(14-16-31)43(25-46)37(17-18-37)41(3)4/h6-12,21-23,25,30-31H,13-20,24H2,1-5H3. The summed E-state index contributed by atoms with van der Waals surface area (Å²) in [4.78, 5) is 53.1. The number of aromatic nitrogens is 3. The summed E-state index contributed by atoms with van der Waals surface area (Å²) < 4.78 is 17.2. The second kappa shape index (κ2) is 13.7. The first-order valence-corrected chi connectivity index (χ1v) is 16.8. The molecule has 2 aromatic carbocycles. The summed E-state index contributed by atoms with van der Waals surface area (Å²) in [6, 6.07) is 16.8. The second-order valence-corrected chi connectivity index (χ2v) is 14.0. The number of amides is 1. The SMILES string of the molecule is CN(C)CCN(C)Cc1ccc(-c2cccc(-n3c(=O)n(C4CCC(N(C=O)C5(N(C)C)CC5)CC4)c(=O)c4cc(F)cnc43)c2)cc1. The average molecular weight is 656 g/mol. The fraction of sp³-hybridized carbons (Fsp3) is 0.459. The van der Waals surface area contributed by atoms with E-state index in [0.717, 1.165) is 56.2 Å². The molecule has 0 N–H and O–H groups in total. The molecule has 2 heterocycles. The summed E-state index contributed by atoms with van der Waals surface area (Å²) in [6.45, 7) is 2.79. The molecule has 6 rings (SSSR count). The lowest BCUT2D eigenvalue weighted by Crippen LogP contribution is -2.53. The molecule has 10 nitrogen and oxygen atoms in total. The van der Waals surface area contributed by atoms with Gasteiger partial charge in [-0.2, -0.15) is 0 Å². The van der Waals surface area contributed by atoms with E-state index in [4.69, 9.17) is 0 Å². The molecule has 48 heavy (non-hydrogen) atoms. The molecule has 254 valence electrons. The Labute approximate surface area is 281 Å². The molecule has 2 aromatic heterocycles. The number of pyridine rings is 1. The molecule has 2 aliphatic carbocycles. The summed E-state index contributed by atoms with van der Waals surface area (Å²) in [5.74, 6) is -0.638. The predicted octanol–water partition coefficient (Wildman–Crippen LogP) is 4.34. The highest BCUT2D eigenvalue weighted by Crippen LogP contribution is 2.46. The third kappa shape index (κ3) is 6.59. The van der Waals surface area contributed by atoms with Crippen LogP contribution in [0, 0.1) is 5.82 Å². The molecule has 0 bridgehead atoms. The van der Waals surface area contributed by atoms with Crippen LogP contribution in [0.5, 0.6) is 0 Å². The van der Waals surface area contributed by atoms with Crippen molar-refractivity contribution in [3.63, 3.8) is 0 Å². The number of fused-ring (bicyclic) bond motifs is 1. The van der Waals surface area contributed by atoms with Crippen LogP contribution in [0.4, 0.5) is 4.39 Å². The maximum atomic E-state index is 14.5. The smallest absolute Gasteiger partial charge is 0.324 e. The molecule has 0 spiro atoms. The molecule has 0 atom stereocenters. The van der Waals surface area contributed by atoms with Crippen molar-refractivity contribution >= 4 is 17.4 Å². The summed E-state index contributed by atoms with van der Waals surface area (Å²) >= 11 is 0. The van der Waals surface area contributed by atoms with E-state index in [2.05, 4.69) is 65.1 Å². The number of benzene rings is 2. The van der Waals surface area contributed by atoms with Crippen molar-refractivity contribution in [2.45, 2.75) is 62.8 Å². The highest BCUT2D eigenvalue weighted by Gasteiger charge is 2.52. The Balaban J connectivity index is 1.31. The van der Waals surface area contributed by atoms with Crippen molar-refractivity contribution in [3.8, 4) is 16.8 Å². The zero-order valence-electron chi connectivity index (χ0n) is 28.6. The quantitative estimate of drug-likeness (QED) is 0.166. The van der Waals surface area contributed by atoms with E-state index in [1.165, 1.54) is 20.8 Å². The Morgan fingerprint density at radius 2 is 1.62 bits per heavy atom. The van der Waals surface area contributed by atoms with Gasteiger partial charge in [-0.25, -0.2) is 18.7 Å². The molecular weight excluding hydrogens is 609 g/mol. The zero-order chi connectivity index (χ0) is 34.2. The van der Waals surface area contributed by atoms with Gasteiger partial charge < -0.3 is 14.7 Å². The minimum absolute atomic E-state index is 0.0302. The maximum Gasteiger partial charge on any atom is 0.337 e. The van der Waals surface area contributed by atoms with Gasteiger partial charge in [-0.05, 0) is 109 Å². The first kappa shape index (κ1) is 33.7. The van der Waals surface area contributed by atoms with Gasteiger partial charge in [-0.3, -0.25) is 19.1 Å². The minimum Gasteiger partial charge on any atom is -0.324 e. The number of halogens is 1. The third-order valence-electron chi connectivity index (χ3n) is 10.2. The molecule has 4 aromatic rings. The van der Waals surface area contributed by atoms with E-state index in [1.807, 2.05) is 43.3 Å². The van der Waals surface area contributed by atoms with Gasteiger partial charge in [0.05, 0.1) is 22.9 Å². The van der Waals surface area contributed by atoms with Crippen molar-refractivity contribution in [2.75, 3.05) is 48.3 Å². The highest BCUT2D eigenvalue weighted by molar-refractivity contribution is 5.76. The van der Waals surface area contributed by atoms with Crippen LogP contribution in [0.2, 0.25) is 0 Å². The molecule has 0 saturated heterocycles. The Hall–Kier alpha value is -4.19. The largest absolute Gasteiger partial charge is 0.337 e. The topological polar surface area (TPSA) is 86.9 Å². The predicted molar refractivity (Wildman–Crippen MR) is 187 cm³/mol. The first-order valence-electron chi connectivity index (χ1n) is 16.8. The highest BCUT2D eigenvalue weighted by atomic mass is 19.1. The molecule has 2 saturated carbocycles. The van der Waals surface area contributed by atoms with Gasteiger partial charge in [0.25, 0.3) is 5.56 Å². The Kier molecular flexibility index (Phi) is 9.64. The van der Waals surface area contributed by atoms with Crippen molar-refractivity contribution in [1.29, 1.82) is 0 Å². The van der Waals surface area contributed by atoms with E-state index in [-0.39, 0.29) is 28.8 Å².